The van der Waals surface area contributed by atoms with Crippen molar-refractivity contribution < 1.29 is 4.74 Å². The van der Waals surface area contributed by atoms with Crippen LogP contribution >= 0.6 is 12.2 Å². The van der Waals surface area contributed by atoms with Gasteiger partial charge in [-0.15, -0.1) is 0 Å². The summed E-state index contributed by atoms with van der Waals surface area (Å²) in [7, 11) is 0. The number of ether oxygens (including phenoxy) is 1. The molecule has 4 nitrogen and oxygen atoms in total. The molecule has 0 unspecified atom stereocenters. The third kappa shape index (κ3) is 3.63. The normalized spacial score (nSPS) is 16.7. The van der Waals surface area contributed by atoms with E-state index in [0.29, 0.717) is 17.5 Å². The Bertz CT molecular complexity index is 374. The van der Waals surface area contributed by atoms with Crippen molar-refractivity contribution >= 4 is 17.2 Å². The second-order valence-corrected chi connectivity index (χ2v) is 4.86. The topological polar surface area (TPSA) is 61.0 Å². The van der Waals surface area contributed by atoms with Gasteiger partial charge in [0.15, 0.2) is 0 Å². The van der Waals surface area contributed by atoms with Crippen LogP contribution in [0.4, 0.5) is 0 Å². The summed E-state index contributed by atoms with van der Waals surface area (Å²) in [5, 5.41) is 0. The first-order chi connectivity index (χ1) is 8.25. The lowest BCUT2D eigenvalue weighted by Gasteiger charge is -2.21. The molecule has 92 valence electrons. The van der Waals surface area contributed by atoms with Crippen molar-refractivity contribution in [3.63, 3.8) is 0 Å². The van der Waals surface area contributed by atoms with E-state index in [1.807, 2.05) is 0 Å². The first kappa shape index (κ1) is 12.2. The van der Waals surface area contributed by atoms with E-state index in [4.69, 9.17) is 22.7 Å². The summed E-state index contributed by atoms with van der Waals surface area (Å²) in [6, 6.07) is 0. The van der Waals surface area contributed by atoms with Crippen molar-refractivity contribution in [2.45, 2.75) is 32.1 Å². The fourth-order valence-electron chi connectivity index (χ4n) is 2.08. The number of hydrogen-bond donors (Lipinski definition) is 1. The molecule has 2 rings (SSSR count). The summed E-state index contributed by atoms with van der Waals surface area (Å²) in [5.74, 6) is 1.22. The Labute approximate surface area is 107 Å². The summed E-state index contributed by atoms with van der Waals surface area (Å²) in [6.45, 7) is 0.737. The van der Waals surface area contributed by atoms with Gasteiger partial charge >= 0.3 is 0 Å². The van der Waals surface area contributed by atoms with Crippen molar-refractivity contribution in [2.75, 3.05) is 6.61 Å². The molecule has 0 radical (unpaired) electrons. The Kier molecular flexibility index (Phi) is 4.25. The van der Waals surface area contributed by atoms with Gasteiger partial charge in [0.1, 0.15) is 10.7 Å². The number of nitrogens with two attached hydrogens (primary N) is 1. The van der Waals surface area contributed by atoms with Crippen LogP contribution in [0.15, 0.2) is 12.4 Å². The third-order valence-electron chi connectivity index (χ3n) is 3.07. The van der Waals surface area contributed by atoms with Gasteiger partial charge < -0.3 is 10.5 Å². The van der Waals surface area contributed by atoms with Crippen molar-refractivity contribution in [2.24, 2.45) is 11.7 Å². The quantitative estimate of drug-likeness (QED) is 0.830. The monoisotopic (exact) mass is 251 g/mol. The lowest BCUT2D eigenvalue weighted by molar-refractivity contribution is 0.202. The maximum absolute atomic E-state index is 5.62. The summed E-state index contributed by atoms with van der Waals surface area (Å²) in [4.78, 5) is 8.48. The molecule has 0 amide bonds. The van der Waals surface area contributed by atoms with Gasteiger partial charge in [-0.3, -0.25) is 0 Å². The average molecular weight is 251 g/mol. The Morgan fingerprint density at radius 1 is 1.29 bits per heavy atom. The number of nitrogens with zero attached hydrogens (tertiary/aromatic N) is 2. The largest absolute Gasteiger partial charge is 0.476 e. The van der Waals surface area contributed by atoms with Crippen LogP contribution in [-0.2, 0) is 0 Å². The molecule has 1 heterocycles. The first-order valence-electron chi connectivity index (χ1n) is 6.00. The summed E-state index contributed by atoms with van der Waals surface area (Å²) in [6.07, 6.45) is 9.66. The second-order valence-electron chi connectivity index (χ2n) is 4.42. The van der Waals surface area contributed by atoms with Gasteiger partial charge in [-0.2, -0.15) is 0 Å². The number of rotatable bonds is 4. The lowest BCUT2D eigenvalue weighted by atomic mass is 9.90. The highest BCUT2D eigenvalue weighted by Gasteiger charge is 2.14. The molecule has 0 aliphatic heterocycles. The zero-order chi connectivity index (χ0) is 12.1. The second kappa shape index (κ2) is 5.91. The van der Waals surface area contributed by atoms with Crippen LogP contribution in [0, 0.1) is 5.92 Å². The van der Waals surface area contributed by atoms with E-state index in [-0.39, 0.29) is 4.99 Å². The predicted molar refractivity (Wildman–Crippen MR) is 70.0 cm³/mol. The summed E-state index contributed by atoms with van der Waals surface area (Å²) < 4.78 is 5.62. The Balaban J connectivity index is 1.84. The molecule has 2 N–H and O–H groups in total. The van der Waals surface area contributed by atoms with Crippen LogP contribution in [-0.4, -0.2) is 21.6 Å². The lowest BCUT2D eigenvalue weighted by Crippen LogP contribution is -2.16. The third-order valence-corrected chi connectivity index (χ3v) is 3.28. The van der Waals surface area contributed by atoms with Crippen molar-refractivity contribution in [3.8, 4) is 5.88 Å². The van der Waals surface area contributed by atoms with Gasteiger partial charge in [0, 0.05) is 0 Å². The molecule has 1 aliphatic rings. The highest BCUT2D eigenvalue weighted by molar-refractivity contribution is 7.80. The van der Waals surface area contributed by atoms with Gasteiger partial charge in [-0.25, -0.2) is 9.97 Å². The van der Waals surface area contributed by atoms with Gasteiger partial charge in [0.05, 0.1) is 19.0 Å². The molecule has 0 bridgehead atoms. The molecule has 1 aliphatic carbocycles. The molecule has 1 aromatic heterocycles. The summed E-state index contributed by atoms with van der Waals surface area (Å²) >= 11 is 4.81. The number of aromatic nitrogens is 2. The minimum atomic E-state index is 0.260. The predicted octanol–water partition coefficient (Wildman–Crippen LogP) is 2.07. The Morgan fingerprint density at radius 2 is 2.06 bits per heavy atom. The average Bonchev–Trinajstić information content (AvgIpc) is 2.38. The number of thiocarbonyl (C=S) groups is 1. The van der Waals surface area contributed by atoms with E-state index in [1.54, 1.807) is 12.4 Å². The molecule has 0 saturated heterocycles. The van der Waals surface area contributed by atoms with Crippen LogP contribution in [0.3, 0.4) is 0 Å². The van der Waals surface area contributed by atoms with Gasteiger partial charge in [0.25, 0.3) is 0 Å². The van der Waals surface area contributed by atoms with Gasteiger partial charge in [-0.05, 0) is 18.8 Å². The van der Waals surface area contributed by atoms with Crippen LogP contribution in [0.5, 0.6) is 5.88 Å². The SMILES string of the molecule is NC(=S)c1cnc(OCC2CCCCC2)cn1. The van der Waals surface area contributed by atoms with Crippen molar-refractivity contribution in [1.82, 2.24) is 9.97 Å². The van der Waals surface area contributed by atoms with Crippen molar-refractivity contribution in [1.29, 1.82) is 0 Å². The fourth-order valence-corrected chi connectivity index (χ4v) is 2.18. The zero-order valence-corrected chi connectivity index (χ0v) is 10.6. The summed E-state index contributed by atoms with van der Waals surface area (Å²) in [5.41, 5.74) is 5.98. The Morgan fingerprint density at radius 3 is 2.65 bits per heavy atom. The molecule has 1 saturated carbocycles. The molecule has 0 atom stereocenters. The van der Waals surface area contributed by atoms with E-state index in [2.05, 4.69) is 9.97 Å². The minimum absolute atomic E-state index is 0.260. The number of hydrogen-bond acceptors (Lipinski definition) is 4. The first-order valence-corrected chi connectivity index (χ1v) is 6.41. The maximum atomic E-state index is 5.62. The molecule has 5 heteroatoms. The highest BCUT2D eigenvalue weighted by atomic mass is 32.1. The molecular weight excluding hydrogens is 234 g/mol. The molecule has 17 heavy (non-hydrogen) atoms. The zero-order valence-electron chi connectivity index (χ0n) is 9.76. The highest BCUT2D eigenvalue weighted by Crippen LogP contribution is 2.24. The molecule has 0 aromatic carbocycles. The van der Waals surface area contributed by atoms with Crippen LogP contribution in [0.1, 0.15) is 37.8 Å². The van der Waals surface area contributed by atoms with Crippen LogP contribution in [0.2, 0.25) is 0 Å². The van der Waals surface area contributed by atoms with E-state index in [9.17, 15) is 0 Å². The van der Waals surface area contributed by atoms with Crippen LogP contribution < -0.4 is 10.5 Å². The minimum Gasteiger partial charge on any atom is -0.476 e. The van der Waals surface area contributed by atoms with E-state index in [0.717, 1.165) is 6.61 Å². The standard InChI is InChI=1S/C12H17N3OS/c13-12(17)10-6-15-11(7-14-10)16-8-9-4-2-1-3-5-9/h6-7,9H,1-5,8H2,(H2,13,17). The molecule has 1 fully saturated rings. The Hall–Kier alpha value is -1.23. The maximum Gasteiger partial charge on any atom is 0.232 e. The van der Waals surface area contributed by atoms with Gasteiger partial charge in [-0.1, -0.05) is 31.5 Å². The fraction of sp³-hybridized carbons (Fsp3) is 0.583. The van der Waals surface area contributed by atoms with Crippen molar-refractivity contribution in [3.05, 3.63) is 18.1 Å². The molecular formula is C12H17N3OS. The van der Waals surface area contributed by atoms with E-state index in [1.165, 1.54) is 32.1 Å². The molecule has 0 spiro atoms. The van der Waals surface area contributed by atoms with E-state index >= 15 is 0 Å². The van der Waals surface area contributed by atoms with Crippen LogP contribution in [0.25, 0.3) is 0 Å². The van der Waals surface area contributed by atoms with Gasteiger partial charge in [0.2, 0.25) is 5.88 Å². The molecule has 1 aromatic rings. The smallest absolute Gasteiger partial charge is 0.232 e. The van der Waals surface area contributed by atoms with E-state index < -0.39 is 0 Å².